The van der Waals surface area contributed by atoms with Crippen molar-refractivity contribution in [1.82, 2.24) is 0 Å². The zero-order valence-electron chi connectivity index (χ0n) is 20.7. The van der Waals surface area contributed by atoms with Crippen LogP contribution < -0.4 is 0 Å². The van der Waals surface area contributed by atoms with E-state index in [1.54, 1.807) is 0 Å². The van der Waals surface area contributed by atoms with Gasteiger partial charge in [-0.1, -0.05) is 0 Å². The summed E-state index contributed by atoms with van der Waals surface area (Å²) in [6.07, 6.45) is -0.301. The molecule has 0 aromatic carbocycles. The average molecular weight is 505 g/mol. The molecule has 0 heterocycles. The van der Waals surface area contributed by atoms with Crippen LogP contribution in [0.25, 0.3) is 0 Å². The molecule has 0 aromatic rings. The summed E-state index contributed by atoms with van der Waals surface area (Å²) in [6, 6.07) is 0. The summed E-state index contributed by atoms with van der Waals surface area (Å²) < 4.78 is 31.1. The van der Waals surface area contributed by atoms with Crippen LogP contribution in [0.1, 0.15) is 46.5 Å². The standard InChI is InChI=1S/C23H36O12/c1-17(24)12-21(27)33-9-6-30-5-4-20(15-31-7-10-34-22(28)13-18(2)25)16-32-8-11-35-23(29)14-19(3)26/h20H,4-16H2,1-3H3. The summed E-state index contributed by atoms with van der Waals surface area (Å²) >= 11 is 0. The van der Waals surface area contributed by atoms with Gasteiger partial charge in [-0.3, -0.25) is 28.8 Å². The van der Waals surface area contributed by atoms with Crippen molar-refractivity contribution in [2.75, 3.05) is 59.5 Å². The van der Waals surface area contributed by atoms with Crippen LogP contribution in [0.4, 0.5) is 0 Å². The summed E-state index contributed by atoms with van der Waals surface area (Å²) in [5, 5.41) is 0. The second-order valence-electron chi connectivity index (χ2n) is 7.71. The van der Waals surface area contributed by atoms with E-state index >= 15 is 0 Å². The Hall–Kier alpha value is -2.70. The van der Waals surface area contributed by atoms with Gasteiger partial charge in [0.25, 0.3) is 0 Å². The van der Waals surface area contributed by atoms with Crippen LogP contribution in [-0.4, -0.2) is 94.7 Å². The Balaban J connectivity index is 4.22. The minimum Gasteiger partial charge on any atom is -0.463 e. The van der Waals surface area contributed by atoms with Crippen LogP contribution in [0.15, 0.2) is 0 Å². The van der Waals surface area contributed by atoms with E-state index in [4.69, 9.17) is 28.4 Å². The first kappa shape index (κ1) is 32.3. The molecule has 0 unspecified atom stereocenters. The number of hydrogen-bond acceptors (Lipinski definition) is 12. The van der Waals surface area contributed by atoms with Crippen molar-refractivity contribution in [3.05, 3.63) is 0 Å². The molecule has 0 N–H and O–H groups in total. The molecule has 0 fully saturated rings. The van der Waals surface area contributed by atoms with Crippen molar-refractivity contribution in [2.24, 2.45) is 5.92 Å². The molecule has 0 spiro atoms. The zero-order chi connectivity index (χ0) is 26.5. The highest BCUT2D eigenvalue weighted by molar-refractivity contribution is 5.95. The SMILES string of the molecule is CC(=O)CC(=O)OCCOCCC(COCCOC(=O)CC(C)=O)COCCOC(=O)CC(C)=O. The molecule has 0 aliphatic rings. The lowest BCUT2D eigenvalue weighted by atomic mass is 10.1. The van der Waals surface area contributed by atoms with Crippen LogP contribution in [-0.2, 0) is 57.2 Å². The van der Waals surface area contributed by atoms with Crippen molar-refractivity contribution in [3.8, 4) is 0 Å². The molecular formula is C23H36O12. The van der Waals surface area contributed by atoms with Gasteiger partial charge in [0.2, 0.25) is 0 Å². The molecule has 0 bridgehead atoms. The molecule has 35 heavy (non-hydrogen) atoms. The quantitative estimate of drug-likeness (QED) is 0.0876. The minimum absolute atomic E-state index is 0.00786. The maximum Gasteiger partial charge on any atom is 0.313 e. The molecule has 0 atom stereocenters. The third-order valence-corrected chi connectivity index (χ3v) is 4.03. The number of carbonyl (C=O) groups is 6. The number of ketones is 3. The fourth-order valence-electron chi connectivity index (χ4n) is 2.47. The van der Waals surface area contributed by atoms with E-state index in [9.17, 15) is 28.8 Å². The first-order valence-electron chi connectivity index (χ1n) is 11.3. The maximum absolute atomic E-state index is 11.3. The number of rotatable bonds is 22. The minimum atomic E-state index is -0.613. The lowest BCUT2D eigenvalue weighted by Crippen LogP contribution is -2.22. The molecule has 0 radical (unpaired) electrons. The Morgan fingerprint density at radius 1 is 0.486 bits per heavy atom. The van der Waals surface area contributed by atoms with Gasteiger partial charge in [0.05, 0.1) is 33.0 Å². The molecule has 0 aromatic heterocycles. The van der Waals surface area contributed by atoms with Gasteiger partial charge in [-0.05, 0) is 27.2 Å². The number of esters is 3. The molecule has 12 nitrogen and oxygen atoms in total. The third-order valence-electron chi connectivity index (χ3n) is 4.03. The van der Waals surface area contributed by atoms with Gasteiger partial charge in [0, 0.05) is 12.5 Å². The molecule has 12 heteroatoms. The molecule has 0 aliphatic carbocycles. The van der Waals surface area contributed by atoms with E-state index in [1.807, 2.05) is 0 Å². The Labute approximate surface area is 204 Å². The number of ether oxygens (including phenoxy) is 6. The molecule has 0 amide bonds. The Morgan fingerprint density at radius 2 is 0.829 bits per heavy atom. The van der Waals surface area contributed by atoms with Crippen molar-refractivity contribution in [3.63, 3.8) is 0 Å². The molecular weight excluding hydrogens is 468 g/mol. The summed E-state index contributed by atoms with van der Waals surface area (Å²) in [6.45, 7) is 5.23. The van der Waals surface area contributed by atoms with E-state index in [2.05, 4.69) is 0 Å². The second-order valence-corrected chi connectivity index (χ2v) is 7.71. The van der Waals surface area contributed by atoms with Gasteiger partial charge in [0.1, 0.15) is 56.4 Å². The zero-order valence-corrected chi connectivity index (χ0v) is 20.7. The summed E-state index contributed by atoms with van der Waals surface area (Å²) in [7, 11) is 0. The highest BCUT2D eigenvalue weighted by Crippen LogP contribution is 2.06. The van der Waals surface area contributed by atoms with Crippen LogP contribution in [0.5, 0.6) is 0 Å². The Morgan fingerprint density at radius 3 is 1.17 bits per heavy atom. The van der Waals surface area contributed by atoms with Crippen molar-refractivity contribution < 1.29 is 57.2 Å². The summed E-state index contributed by atoms with van der Waals surface area (Å²) in [5.74, 6) is -2.77. The van der Waals surface area contributed by atoms with Gasteiger partial charge in [0.15, 0.2) is 0 Å². The second kappa shape index (κ2) is 20.7. The highest BCUT2D eigenvalue weighted by atomic mass is 16.6. The Bertz CT molecular complexity index is 650. The monoisotopic (exact) mass is 504 g/mol. The summed E-state index contributed by atoms with van der Waals surface area (Å²) in [5.41, 5.74) is 0. The predicted molar refractivity (Wildman–Crippen MR) is 119 cm³/mol. The maximum atomic E-state index is 11.3. The smallest absolute Gasteiger partial charge is 0.313 e. The predicted octanol–water partition coefficient (Wildman–Crippen LogP) is 0.609. The first-order valence-corrected chi connectivity index (χ1v) is 11.3. The van der Waals surface area contributed by atoms with E-state index in [0.29, 0.717) is 13.0 Å². The fourth-order valence-corrected chi connectivity index (χ4v) is 2.47. The van der Waals surface area contributed by atoms with Gasteiger partial charge in [-0.15, -0.1) is 0 Å². The number of carbonyl (C=O) groups excluding carboxylic acids is 6. The van der Waals surface area contributed by atoms with Gasteiger partial charge >= 0.3 is 17.9 Å². The van der Waals surface area contributed by atoms with Crippen molar-refractivity contribution >= 4 is 35.3 Å². The van der Waals surface area contributed by atoms with Gasteiger partial charge in [-0.25, -0.2) is 0 Å². The molecule has 0 aliphatic heterocycles. The average Bonchev–Trinajstić information content (AvgIpc) is 2.73. The van der Waals surface area contributed by atoms with Crippen molar-refractivity contribution in [1.29, 1.82) is 0 Å². The molecule has 0 rings (SSSR count). The summed E-state index contributed by atoms with van der Waals surface area (Å²) in [4.78, 5) is 66.6. The normalized spacial score (nSPS) is 10.6. The van der Waals surface area contributed by atoms with Crippen molar-refractivity contribution in [2.45, 2.75) is 46.5 Å². The number of hydrogen-bond donors (Lipinski definition) is 0. The molecule has 200 valence electrons. The van der Waals surface area contributed by atoms with Crippen LogP contribution >= 0.6 is 0 Å². The number of Topliss-reactive ketones (excluding diaryl/α,β-unsaturated/α-hetero) is 3. The van der Waals surface area contributed by atoms with Gasteiger partial charge in [-0.2, -0.15) is 0 Å². The molecule has 0 saturated heterocycles. The van der Waals surface area contributed by atoms with E-state index < -0.39 is 17.9 Å². The first-order chi connectivity index (χ1) is 16.6. The largest absolute Gasteiger partial charge is 0.463 e. The topological polar surface area (TPSA) is 158 Å². The van der Waals surface area contributed by atoms with Crippen LogP contribution in [0, 0.1) is 5.92 Å². The van der Waals surface area contributed by atoms with Gasteiger partial charge < -0.3 is 28.4 Å². The highest BCUT2D eigenvalue weighted by Gasteiger charge is 2.12. The van der Waals surface area contributed by atoms with Crippen LogP contribution in [0.2, 0.25) is 0 Å². The Kier molecular flexibility index (Phi) is 19.1. The van der Waals surface area contributed by atoms with E-state index in [-0.39, 0.29) is 95.4 Å². The lowest BCUT2D eigenvalue weighted by Gasteiger charge is -2.17. The van der Waals surface area contributed by atoms with E-state index in [0.717, 1.165) is 0 Å². The van der Waals surface area contributed by atoms with E-state index in [1.165, 1.54) is 20.8 Å². The lowest BCUT2D eigenvalue weighted by molar-refractivity contribution is -0.149. The third kappa shape index (κ3) is 22.8. The van der Waals surface area contributed by atoms with Crippen LogP contribution in [0.3, 0.4) is 0 Å². The molecule has 0 saturated carbocycles. The fraction of sp³-hybridized carbons (Fsp3) is 0.739.